The topological polar surface area (TPSA) is 20.2 Å². The minimum absolute atomic E-state index is 0.201. The van der Waals surface area contributed by atoms with Gasteiger partial charge in [0.1, 0.15) is 0 Å². The molecule has 0 saturated heterocycles. The Bertz CT molecular complexity index is 303. The molecule has 2 unspecified atom stereocenters. The Hall–Kier alpha value is -0.820. The fraction of sp³-hybridized carbons (Fsp3) is 0.571. The van der Waals surface area contributed by atoms with E-state index in [1.54, 1.807) is 0 Å². The van der Waals surface area contributed by atoms with Gasteiger partial charge in [-0.25, -0.2) is 0 Å². The summed E-state index contributed by atoms with van der Waals surface area (Å²) in [6, 6.07) is 8.57. The maximum atomic E-state index is 9.50. The van der Waals surface area contributed by atoms with Gasteiger partial charge in [-0.2, -0.15) is 0 Å². The van der Waals surface area contributed by atoms with Crippen molar-refractivity contribution in [3.05, 3.63) is 35.4 Å². The molecule has 1 aromatic carbocycles. The highest BCUT2D eigenvalue weighted by Crippen LogP contribution is 2.25. The molecule has 84 valence electrons. The summed E-state index contributed by atoms with van der Waals surface area (Å²) in [5, 5.41) is 9.50. The van der Waals surface area contributed by atoms with Crippen LogP contribution >= 0.6 is 0 Å². The summed E-state index contributed by atoms with van der Waals surface area (Å²) in [4.78, 5) is 0. The highest BCUT2D eigenvalue weighted by Gasteiger charge is 2.15. The average molecular weight is 206 g/mol. The molecule has 1 nitrogen and oxygen atoms in total. The second-order valence-corrected chi connectivity index (χ2v) is 5.40. The Kier molecular flexibility index (Phi) is 3.56. The van der Waals surface area contributed by atoms with Gasteiger partial charge in [-0.1, -0.05) is 52.0 Å². The van der Waals surface area contributed by atoms with E-state index in [0.717, 1.165) is 0 Å². The third kappa shape index (κ3) is 3.07. The molecule has 0 saturated carbocycles. The van der Waals surface area contributed by atoms with Gasteiger partial charge < -0.3 is 5.11 Å². The van der Waals surface area contributed by atoms with Crippen molar-refractivity contribution in [1.82, 2.24) is 0 Å². The highest BCUT2D eigenvalue weighted by atomic mass is 16.3. The quantitative estimate of drug-likeness (QED) is 0.785. The van der Waals surface area contributed by atoms with Crippen molar-refractivity contribution in [1.29, 1.82) is 0 Å². The first-order valence-electron chi connectivity index (χ1n) is 5.61. The van der Waals surface area contributed by atoms with Crippen molar-refractivity contribution in [2.45, 2.75) is 52.1 Å². The molecular weight excluding hydrogens is 184 g/mol. The largest absolute Gasteiger partial charge is 0.393 e. The summed E-state index contributed by atoms with van der Waals surface area (Å²) in [5.41, 5.74) is 2.74. The molecule has 1 rings (SSSR count). The van der Waals surface area contributed by atoms with Gasteiger partial charge in [0, 0.05) is 5.92 Å². The van der Waals surface area contributed by atoms with Crippen LogP contribution in [-0.2, 0) is 5.41 Å². The van der Waals surface area contributed by atoms with Gasteiger partial charge >= 0.3 is 0 Å². The molecule has 0 bridgehead atoms. The van der Waals surface area contributed by atoms with E-state index in [1.165, 1.54) is 11.1 Å². The van der Waals surface area contributed by atoms with Gasteiger partial charge in [-0.15, -0.1) is 0 Å². The summed E-state index contributed by atoms with van der Waals surface area (Å²) in [6.45, 7) is 10.5. The number of hydrogen-bond donors (Lipinski definition) is 1. The van der Waals surface area contributed by atoms with Crippen LogP contribution in [0.1, 0.15) is 51.7 Å². The molecule has 15 heavy (non-hydrogen) atoms. The van der Waals surface area contributed by atoms with Crippen LogP contribution in [0.5, 0.6) is 0 Å². The first-order chi connectivity index (χ1) is 6.82. The van der Waals surface area contributed by atoms with Crippen molar-refractivity contribution in [2.24, 2.45) is 0 Å². The van der Waals surface area contributed by atoms with Crippen LogP contribution in [0.15, 0.2) is 24.3 Å². The normalized spacial score (nSPS) is 16.1. The molecule has 0 aromatic heterocycles. The third-order valence-corrected chi connectivity index (χ3v) is 3.03. The lowest BCUT2D eigenvalue weighted by molar-refractivity contribution is 0.169. The molecule has 1 aromatic rings. The van der Waals surface area contributed by atoms with Gasteiger partial charge in [0.15, 0.2) is 0 Å². The van der Waals surface area contributed by atoms with E-state index in [4.69, 9.17) is 0 Å². The summed E-state index contributed by atoms with van der Waals surface area (Å²) < 4.78 is 0. The Morgan fingerprint density at radius 2 is 1.47 bits per heavy atom. The van der Waals surface area contributed by atoms with E-state index in [1.807, 2.05) is 6.92 Å². The van der Waals surface area contributed by atoms with E-state index in [-0.39, 0.29) is 17.4 Å². The lowest BCUT2D eigenvalue weighted by Gasteiger charge is -2.21. The van der Waals surface area contributed by atoms with Crippen LogP contribution in [0.3, 0.4) is 0 Å². The van der Waals surface area contributed by atoms with E-state index < -0.39 is 0 Å². The van der Waals surface area contributed by atoms with Crippen LogP contribution in [0.2, 0.25) is 0 Å². The molecule has 2 atom stereocenters. The fourth-order valence-electron chi connectivity index (χ4n) is 1.57. The zero-order chi connectivity index (χ0) is 11.6. The summed E-state index contributed by atoms with van der Waals surface area (Å²) in [6.07, 6.45) is -0.287. The van der Waals surface area contributed by atoms with E-state index >= 15 is 0 Å². The Morgan fingerprint density at radius 3 is 1.80 bits per heavy atom. The van der Waals surface area contributed by atoms with Gasteiger partial charge in [0.25, 0.3) is 0 Å². The number of aliphatic hydroxyl groups is 1. The zero-order valence-corrected chi connectivity index (χ0v) is 10.4. The molecule has 0 spiro atoms. The molecule has 0 aliphatic rings. The van der Waals surface area contributed by atoms with Crippen molar-refractivity contribution in [3.8, 4) is 0 Å². The Balaban J connectivity index is 2.91. The van der Waals surface area contributed by atoms with Crippen LogP contribution in [0.4, 0.5) is 0 Å². The van der Waals surface area contributed by atoms with Crippen molar-refractivity contribution < 1.29 is 5.11 Å². The average Bonchev–Trinajstić information content (AvgIpc) is 2.15. The van der Waals surface area contributed by atoms with Crippen molar-refractivity contribution >= 4 is 0 Å². The van der Waals surface area contributed by atoms with E-state index in [0.29, 0.717) is 0 Å². The summed E-state index contributed by atoms with van der Waals surface area (Å²) in [5.74, 6) is 0.207. The minimum Gasteiger partial charge on any atom is -0.393 e. The molecule has 1 heteroatoms. The maximum absolute atomic E-state index is 9.50. The zero-order valence-electron chi connectivity index (χ0n) is 10.4. The van der Waals surface area contributed by atoms with E-state index in [2.05, 4.69) is 52.0 Å². The standard InChI is InChI=1S/C14H22O/c1-10(11(2)15)12-6-8-13(9-7-12)14(3,4)5/h6-11,15H,1-5H3. The number of benzene rings is 1. The predicted molar refractivity (Wildman–Crippen MR) is 65.2 cm³/mol. The third-order valence-electron chi connectivity index (χ3n) is 3.03. The number of hydrogen-bond acceptors (Lipinski definition) is 1. The van der Waals surface area contributed by atoms with Crippen molar-refractivity contribution in [3.63, 3.8) is 0 Å². The van der Waals surface area contributed by atoms with Crippen molar-refractivity contribution in [2.75, 3.05) is 0 Å². The lowest BCUT2D eigenvalue weighted by Crippen LogP contribution is -2.13. The maximum Gasteiger partial charge on any atom is 0.0577 e. The number of aliphatic hydroxyl groups excluding tert-OH is 1. The van der Waals surface area contributed by atoms with Gasteiger partial charge in [0.05, 0.1) is 6.10 Å². The Labute approximate surface area is 93.1 Å². The second-order valence-electron chi connectivity index (χ2n) is 5.40. The van der Waals surface area contributed by atoms with Crippen LogP contribution in [-0.4, -0.2) is 11.2 Å². The molecule has 0 amide bonds. The first kappa shape index (κ1) is 12.3. The van der Waals surface area contributed by atoms with E-state index in [9.17, 15) is 5.11 Å². The number of rotatable bonds is 2. The van der Waals surface area contributed by atoms with Gasteiger partial charge in [-0.3, -0.25) is 0 Å². The smallest absolute Gasteiger partial charge is 0.0577 e. The molecular formula is C14H22O. The first-order valence-corrected chi connectivity index (χ1v) is 5.61. The summed E-state index contributed by atoms with van der Waals surface area (Å²) >= 11 is 0. The molecule has 0 heterocycles. The summed E-state index contributed by atoms with van der Waals surface area (Å²) in [7, 11) is 0. The fourth-order valence-corrected chi connectivity index (χ4v) is 1.57. The van der Waals surface area contributed by atoms with Gasteiger partial charge in [-0.05, 0) is 23.5 Å². The Morgan fingerprint density at radius 1 is 1.00 bits per heavy atom. The molecule has 0 aliphatic carbocycles. The molecule has 0 radical (unpaired) electrons. The van der Waals surface area contributed by atoms with Gasteiger partial charge in [0.2, 0.25) is 0 Å². The minimum atomic E-state index is -0.287. The molecule has 1 N–H and O–H groups in total. The molecule has 0 fully saturated rings. The van der Waals surface area contributed by atoms with Crippen LogP contribution in [0.25, 0.3) is 0 Å². The predicted octanol–water partition coefficient (Wildman–Crippen LogP) is 3.47. The highest BCUT2D eigenvalue weighted by molar-refractivity contribution is 5.29. The monoisotopic (exact) mass is 206 g/mol. The second kappa shape index (κ2) is 4.36. The SMILES string of the molecule is CC(O)C(C)c1ccc(C(C)(C)C)cc1. The van der Waals surface area contributed by atoms with Crippen LogP contribution < -0.4 is 0 Å². The lowest BCUT2D eigenvalue weighted by atomic mass is 9.85. The van der Waals surface area contributed by atoms with Crippen LogP contribution in [0, 0.1) is 0 Å². The molecule has 0 aliphatic heterocycles.